The second kappa shape index (κ2) is 12.3. The molecule has 0 saturated heterocycles. The number of pyridine rings is 1. The topological polar surface area (TPSA) is 112 Å². The van der Waals surface area contributed by atoms with Crippen molar-refractivity contribution >= 4 is 23.7 Å². The Balaban J connectivity index is 1.50. The van der Waals surface area contributed by atoms with Gasteiger partial charge in [0.1, 0.15) is 5.82 Å². The first-order chi connectivity index (χ1) is 19.0. The lowest BCUT2D eigenvalue weighted by molar-refractivity contribution is -0.130. The number of anilines is 1. The van der Waals surface area contributed by atoms with E-state index in [4.69, 9.17) is 0 Å². The van der Waals surface area contributed by atoms with Crippen molar-refractivity contribution in [1.82, 2.24) is 15.2 Å². The first-order valence-corrected chi connectivity index (χ1v) is 13.7. The average molecular weight is 543 g/mol. The number of carboxylic acid groups (broad SMARTS) is 1. The summed E-state index contributed by atoms with van der Waals surface area (Å²) in [6.07, 6.45) is 4.82. The van der Waals surface area contributed by atoms with Gasteiger partial charge >= 0.3 is 6.09 Å². The fourth-order valence-electron chi connectivity index (χ4n) is 5.47. The number of nitrogens with one attached hydrogen (secondary N) is 2. The molecular formula is C32H38N4O4. The summed E-state index contributed by atoms with van der Waals surface area (Å²) in [6.45, 7) is 5.23. The molecule has 3 aromatic rings. The van der Waals surface area contributed by atoms with E-state index in [0.717, 1.165) is 53.5 Å². The zero-order chi connectivity index (χ0) is 28.9. The average Bonchev–Trinajstić information content (AvgIpc) is 2.93. The minimum Gasteiger partial charge on any atom is -0.465 e. The summed E-state index contributed by atoms with van der Waals surface area (Å²) in [4.78, 5) is 42.2. The molecule has 0 spiro atoms. The van der Waals surface area contributed by atoms with Crippen molar-refractivity contribution in [2.45, 2.75) is 64.5 Å². The molecular weight excluding hydrogens is 504 g/mol. The fourth-order valence-corrected chi connectivity index (χ4v) is 5.47. The van der Waals surface area contributed by atoms with Crippen LogP contribution in [-0.4, -0.2) is 46.0 Å². The molecule has 40 heavy (non-hydrogen) atoms. The van der Waals surface area contributed by atoms with Crippen molar-refractivity contribution in [2.24, 2.45) is 5.92 Å². The van der Waals surface area contributed by atoms with Gasteiger partial charge in [-0.2, -0.15) is 0 Å². The standard InChI is InChI=1S/C32H38N4O4/c1-21(37)36(4)26-16-10-22(11-17-26)18-30(38)34-29-19-27(23-8-6-5-7-9-23)28(20-33-29)24-12-14-25(15-13-24)32(2,3)35-31(39)40/h5-9,12-15,19-20,22,26,35H,10-11,16-18H2,1-4H3,(H,39,40)(H,33,34,38). The summed E-state index contributed by atoms with van der Waals surface area (Å²) in [7, 11) is 1.85. The number of amides is 3. The molecule has 3 N–H and O–H groups in total. The zero-order valence-corrected chi connectivity index (χ0v) is 23.6. The predicted molar refractivity (Wildman–Crippen MR) is 157 cm³/mol. The number of hydrogen-bond acceptors (Lipinski definition) is 4. The maximum absolute atomic E-state index is 13.0. The number of carbonyl (C=O) groups is 3. The minimum atomic E-state index is -1.07. The highest BCUT2D eigenvalue weighted by Gasteiger charge is 2.27. The largest absolute Gasteiger partial charge is 0.465 e. The van der Waals surface area contributed by atoms with Crippen LogP contribution in [0.1, 0.15) is 58.4 Å². The Morgan fingerprint density at radius 1 is 0.950 bits per heavy atom. The van der Waals surface area contributed by atoms with Crippen LogP contribution >= 0.6 is 0 Å². The molecule has 0 atom stereocenters. The quantitative estimate of drug-likeness (QED) is 0.310. The smallest absolute Gasteiger partial charge is 0.405 e. The molecule has 0 unspecified atom stereocenters. The molecule has 3 amide bonds. The number of nitrogens with zero attached hydrogens (tertiary/aromatic N) is 2. The first kappa shape index (κ1) is 28.8. The molecule has 1 aliphatic rings. The number of aromatic nitrogens is 1. The Kier molecular flexibility index (Phi) is 8.87. The maximum Gasteiger partial charge on any atom is 0.405 e. The van der Waals surface area contributed by atoms with Gasteiger partial charge in [0, 0.05) is 38.2 Å². The van der Waals surface area contributed by atoms with E-state index < -0.39 is 11.6 Å². The molecule has 1 aromatic heterocycles. The monoisotopic (exact) mass is 542 g/mol. The number of hydrogen-bond donors (Lipinski definition) is 3. The lowest BCUT2D eigenvalue weighted by Crippen LogP contribution is -2.39. The number of benzene rings is 2. The van der Waals surface area contributed by atoms with Gasteiger partial charge in [0.15, 0.2) is 0 Å². The molecule has 1 heterocycles. The molecule has 0 aliphatic heterocycles. The van der Waals surface area contributed by atoms with Crippen molar-refractivity contribution in [2.75, 3.05) is 12.4 Å². The van der Waals surface area contributed by atoms with Crippen LogP contribution in [0.25, 0.3) is 22.3 Å². The van der Waals surface area contributed by atoms with E-state index in [1.54, 1.807) is 13.1 Å². The third-order valence-electron chi connectivity index (χ3n) is 7.93. The summed E-state index contributed by atoms with van der Waals surface area (Å²) < 4.78 is 0. The normalized spacial score (nSPS) is 17.1. The Labute approximate surface area is 235 Å². The van der Waals surface area contributed by atoms with Crippen molar-refractivity contribution < 1.29 is 19.5 Å². The van der Waals surface area contributed by atoms with E-state index in [0.29, 0.717) is 18.2 Å². The van der Waals surface area contributed by atoms with Crippen molar-refractivity contribution in [1.29, 1.82) is 0 Å². The third kappa shape index (κ3) is 7.05. The summed E-state index contributed by atoms with van der Waals surface area (Å²) in [6, 6.07) is 19.9. The van der Waals surface area contributed by atoms with Gasteiger partial charge in [-0.3, -0.25) is 9.59 Å². The van der Waals surface area contributed by atoms with Gasteiger partial charge in [0.25, 0.3) is 0 Å². The van der Waals surface area contributed by atoms with Crippen molar-refractivity contribution in [3.8, 4) is 22.3 Å². The SMILES string of the molecule is CC(=O)N(C)C1CCC(CC(=O)Nc2cc(-c3ccccc3)c(-c3ccc(C(C)(C)NC(=O)O)cc3)cn2)CC1. The minimum absolute atomic E-state index is 0.0554. The van der Waals surface area contributed by atoms with Gasteiger partial charge in [0.2, 0.25) is 11.8 Å². The van der Waals surface area contributed by atoms with Crippen LogP contribution in [0.15, 0.2) is 66.9 Å². The molecule has 0 radical (unpaired) electrons. The number of carbonyl (C=O) groups excluding carboxylic acids is 2. The van der Waals surface area contributed by atoms with Crippen LogP contribution in [0.5, 0.6) is 0 Å². The molecule has 2 aromatic carbocycles. The van der Waals surface area contributed by atoms with Crippen LogP contribution < -0.4 is 10.6 Å². The molecule has 210 valence electrons. The summed E-state index contributed by atoms with van der Waals surface area (Å²) in [5.41, 5.74) is 3.90. The van der Waals surface area contributed by atoms with Gasteiger partial charge < -0.3 is 20.6 Å². The Hall–Kier alpha value is -4.20. The Morgan fingerprint density at radius 3 is 2.17 bits per heavy atom. The molecule has 8 heteroatoms. The molecule has 0 bridgehead atoms. The van der Waals surface area contributed by atoms with Gasteiger partial charge in [0.05, 0.1) is 5.54 Å². The van der Waals surface area contributed by atoms with Gasteiger partial charge in [-0.25, -0.2) is 9.78 Å². The molecule has 4 rings (SSSR count). The van der Waals surface area contributed by atoms with E-state index in [1.165, 1.54) is 0 Å². The zero-order valence-electron chi connectivity index (χ0n) is 23.6. The maximum atomic E-state index is 13.0. The lowest BCUT2D eigenvalue weighted by atomic mass is 9.83. The summed E-state index contributed by atoms with van der Waals surface area (Å²) in [5, 5.41) is 14.7. The van der Waals surface area contributed by atoms with Crippen LogP contribution in [0.2, 0.25) is 0 Å². The van der Waals surface area contributed by atoms with Crippen molar-refractivity contribution in [3.05, 3.63) is 72.4 Å². The van der Waals surface area contributed by atoms with E-state index in [2.05, 4.69) is 15.6 Å². The highest BCUT2D eigenvalue weighted by Crippen LogP contribution is 2.35. The molecule has 1 saturated carbocycles. The second-order valence-electron chi connectivity index (χ2n) is 11.2. The summed E-state index contributed by atoms with van der Waals surface area (Å²) in [5.74, 6) is 0.823. The Bertz CT molecular complexity index is 1350. The highest BCUT2D eigenvalue weighted by atomic mass is 16.4. The van der Waals surface area contributed by atoms with E-state index in [1.807, 2.05) is 86.5 Å². The molecule has 1 aliphatic carbocycles. The predicted octanol–water partition coefficient (Wildman–Crippen LogP) is 6.28. The van der Waals surface area contributed by atoms with Gasteiger partial charge in [-0.1, -0.05) is 54.6 Å². The van der Waals surface area contributed by atoms with Gasteiger partial charge in [-0.15, -0.1) is 0 Å². The van der Waals surface area contributed by atoms with E-state index >= 15 is 0 Å². The highest BCUT2D eigenvalue weighted by molar-refractivity contribution is 5.92. The summed E-state index contributed by atoms with van der Waals surface area (Å²) >= 11 is 0. The van der Waals surface area contributed by atoms with Crippen LogP contribution in [0.4, 0.5) is 10.6 Å². The van der Waals surface area contributed by atoms with Gasteiger partial charge in [-0.05, 0) is 73.8 Å². The van der Waals surface area contributed by atoms with E-state index in [-0.39, 0.29) is 17.9 Å². The number of rotatable bonds is 8. The third-order valence-corrected chi connectivity index (χ3v) is 7.93. The molecule has 1 fully saturated rings. The fraction of sp³-hybridized carbons (Fsp3) is 0.375. The van der Waals surface area contributed by atoms with E-state index in [9.17, 15) is 19.5 Å². The van der Waals surface area contributed by atoms with Crippen LogP contribution in [-0.2, 0) is 15.1 Å². The second-order valence-corrected chi connectivity index (χ2v) is 11.2. The molecule has 8 nitrogen and oxygen atoms in total. The Morgan fingerprint density at radius 2 is 1.57 bits per heavy atom. The van der Waals surface area contributed by atoms with Crippen molar-refractivity contribution in [3.63, 3.8) is 0 Å². The lowest BCUT2D eigenvalue weighted by Gasteiger charge is -2.34. The first-order valence-electron chi connectivity index (χ1n) is 13.7. The van der Waals surface area contributed by atoms with Crippen LogP contribution in [0.3, 0.4) is 0 Å². The van der Waals surface area contributed by atoms with Crippen LogP contribution in [0, 0.1) is 5.92 Å².